The molecule has 1 heterocycles. The van der Waals surface area contributed by atoms with Crippen LogP contribution >= 0.6 is 0 Å². The van der Waals surface area contributed by atoms with E-state index in [0.29, 0.717) is 11.3 Å². The number of rotatable bonds is 3. The molecule has 5 nitrogen and oxygen atoms in total. The average Bonchev–Trinajstić information content (AvgIpc) is 2.39. The summed E-state index contributed by atoms with van der Waals surface area (Å²) in [5.41, 5.74) is 0.594. The van der Waals surface area contributed by atoms with Crippen LogP contribution in [0.5, 0.6) is 5.75 Å². The molecule has 0 aromatic heterocycles. The Hall–Kier alpha value is -1.53. The lowest BCUT2D eigenvalue weighted by molar-refractivity contribution is 0.0724. The van der Waals surface area contributed by atoms with Crippen LogP contribution < -0.4 is 4.65 Å². The van der Waals surface area contributed by atoms with Gasteiger partial charge in [0.25, 0.3) is 5.91 Å². The lowest BCUT2D eigenvalue weighted by atomic mass is 10.1. The van der Waals surface area contributed by atoms with Gasteiger partial charge in [0, 0.05) is 18.7 Å². The Morgan fingerprint density at radius 2 is 1.72 bits per heavy atom. The standard InChI is InChI=1S/C12H16BNO4/c15-12(14-8-2-1-3-9-14)10-4-6-11(7-5-10)18-13(16)17/h4-7,16-17H,1-3,8-9H2. The number of hydrogen-bond acceptors (Lipinski definition) is 4. The number of likely N-dealkylation sites (tertiary alicyclic amines) is 1. The van der Waals surface area contributed by atoms with Crippen LogP contribution in [-0.2, 0) is 0 Å². The van der Waals surface area contributed by atoms with Crippen LogP contribution in [0.2, 0.25) is 0 Å². The van der Waals surface area contributed by atoms with Crippen molar-refractivity contribution in [1.29, 1.82) is 0 Å². The molecule has 1 fully saturated rings. The van der Waals surface area contributed by atoms with Crippen molar-refractivity contribution in [2.24, 2.45) is 0 Å². The van der Waals surface area contributed by atoms with Crippen LogP contribution in [0.15, 0.2) is 24.3 Å². The topological polar surface area (TPSA) is 70.0 Å². The molecular weight excluding hydrogens is 233 g/mol. The van der Waals surface area contributed by atoms with Gasteiger partial charge in [0.15, 0.2) is 0 Å². The summed E-state index contributed by atoms with van der Waals surface area (Å²) in [6.45, 7) is 1.62. The van der Waals surface area contributed by atoms with Gasteiger partial charge in [-0.1, -0.05) is 0 Å². The molecule has 1 saturated heterocycles. The quantitative estimate of drug-likeness (QED) is 0.772. The van der Waals surface area contributed by atoms with E-state index in [2.05, 4.69) is 4.65 Å². The number of hydrogen-bond donors (Lipinski definition) is 2. The lowest BCUT2D eigenvalue weighted by Crippen LogP contribution is -2.35. The molecule has 0 saturated carbocycles. The van der Waals surface area contributed by atoms with Gasteiger partial charge in [0.1, 0.15) is 5.75 Å². The zero-order valence-electron chi connectivity index (χ0n) is 10.1. The molecule has 0 radical (unpaired) electrons. The Balaban J connectivity index is 2.02. The van der Waals surface area contributed by atoms with E-state index < -0.39 is 7.32 Å². The van der Waals surface area contributed by atoms with E-state index in [9.17, 15) is 4.79 Å². The summed E-state index contributed by atoms with van der Waals surface area (Å²) in [4.78, 5) is 14.0. The number of nitrogens with zero attached hydrogens (tertiary/aromatic N) is 1. The van der Waals surface area contributed by atoms with Crippen molar-refractivity contribution < 1.29 is 19.5 Å². The number of carbonyl (C=O) groups is 1. The van der Waals surface area contributed by atoms with Crippen LogP contribution in [0, 0.1) is 0 Å². The van der Waals surface area contributed by atoms with Gasteiger partial charge in [-0.3, -0.25) is 4.79 Å². The van der Waals surface area contributed by atoms with E-state index >= 15 is 0 Å². The molecule has 2 N–H and O–H groups in total. The van der Waals surface area contributed by atoms with Crippen molar-refractivity contribution in [3.63, 3.8) is 0 Å². The minimum Gasteiger partial charge on any atom is -0.512 e. The summed E-state index contributed by atoms with van der Waals surface area (Å²) in [7, 11) is -1.84. The third kappa shape index (κ3) is 3.24. The largest absolute Gasteiger partial charge is 0.707 e. The Bertz CT molecular complexity index is 401. The first-order valence-electron chi connectivity index (χ1n) is 6.09. The smallest absolute Gasteiger partial charge is 0.512 e. The summed E-state index contributed by atoms with van der Waals surface area (Å²) in [5.74, 6) is 0.339. The molecule has 1 aliphatic heterocycles. The van der Waals surface area contributed by atoms with Crippen LogP contribution in [0.25, 0.3) is 0 Å². The zero-order chi connectivity index (χ0) is 13.0. The first-order chi connectivity index (χ1) is 8.66. The Morgan fingerprint density at radius 1 is 1.11 bits per heavy atom. The molecule has 0 aliphatic carbocycles. The van der Waals surface area contributed by atoms with Gasteiger partial charge >= 0.3 is 7.32 Å². The van der Waals surface area contributed by atoms with Crippen LogP contribution in [-0.4, -0.2) is 41.3 Å². The number of carbonyl (C=O) groups excluding carboxylic acids is 1. The van der Waals surface area contributed by atoms with Crippen molar-refractivity contribution in [2.75, 3.05) is 13.1 Å². The van der Waals surface area contributed by atoms with Crippen molar-refractivity contribution >= 4 is 13.2 Å². The summed E-state index contributed by atoms with van der Waals surface area (Å²) >= 11 is 0. The first kappa shape index (κ1) is 12.9. The van der Waals surface area contributed by atoms with E-state index in [4.69, 9.17) is 10.0 Å². The lowest BCUT2D eigenvalue weighted by Gasteiger charge is -2.26. The molecule has 0 atom stereocenters. The number of piperidine rings is 1. The monoisotopic (exact) mass is 249 g/mol. The molecule has 1 amide bonds. The maximum Gasteiger partial charge on any atom is 0.707 e. The van der Waals surface area contributed by atoms with Gasteiger partial charge in [-0.05, 0) is 43.5 Å². The van der Waals surface area contributed by atoms with Gasteiger partial charge in [0.05, 0.1) is 0 Å². The molecule has 2 rings (SSSR count). The van der Waals surface area contributed by atoms with Crippen molar-refractivity contribution in [1.82, 2.24) is 4.90 Å². The second-order valence-corrected chi connectivity index (χ2v) is 4.32. The summed E-state index contributed by atoms with van der Waals surface area (Å²) in [6.07, 6.45) is 3.30. The second-order valence-electron chi connectivity index (χ2n) is 4.32. The summed E-state index contributed by atoms with van der Waals surface area (Å²) in [5, 5.41) is 17.3. The van der Waals surface area contributed by atoms with Crippen molar-refractivity contribution in [3.05, 3.63) is 29.8 Å². The molecular formula is C12H16BNO4. The highest BCUT2D eigenvalue weighted by atomic mass is 16.6. The predicted molar refractivity (Wildman–Crippen MR) is 67.0 cm³/mol. The van der Waals surface area contributed by atoms with Crippen LogP contribution in [0.3, 0.4) is 0 Å². The van der Waals surface area contributed by atoms with Crippen molar-refractivity contribution in [2.45, 2.75) is 19.3 Å². The third-order valence-corrected chi connectivity index (χ3v) is 2.99. The van der Waals surface area contributed by atoms with E-state index in [1.54, 1.807) is 24.3 Å². The molecule has 96 valence electrons. The molecule has 18 heavy (non-hydrogen) atoms. The van der Waals surface area contributed by atoms with E-state index in [-0.39, 0.29) is 5.91 Å². The van der Waals surface area contributed by atoms with Gasteiger partial charge in [-0.2, -0.15) is 0 Å². The maximum absolute atomic E-state index is 12.1. The highest BCUT2D eigenvalue weighted by molar-refractivity contribution is 6.33. The second kappa shape index (κ2) is 5.88. The zero-order valence-corrected chi connectivity index (χ0v) is 10.1. The minimum absolute atomic E-state index is 0.0193. The van der Waals surface area contributed by atoms with Crippen LogP contribution in [0.4, 0.5) is 0 Å². The molecule has 1 aromatic carbocycles. The molecule has 1 aromatic rings. The van der Waals surface area contributed by atoms with Gasteiger partial charge in [-0.25, -0.2) is 0 Å². The van der Waals surface area contributed by atoms with E-state index in [0.717, 1.165) is 25.9 Å². The Labute approximate surface area is 106 Å². The van der Waals surface area contributed by atoms with Crippen LogP contribution in [0.1, 0.15) is 29.6 Å². The predicted octanol–water partition coefficient (Wildman–Crippen LogP) is 0.661. The minimum atomic E-state index is -1.84. The molecule has 0 bridgehead atoms. The third-order valence-electron chi connectivity index (χ3n) is 2.99. The Kier molecular flexibility index (Phi) is 4.22. The number of amides is 1. The number of benzene rings is 1. The highest BCUT2D eigenvalue weighted by Crippen LogP contribution is 2.16. The molecule has 0 spiro atoms. The molecule has 6 heteroatoms. The van der Waals surface area contributed by atoms with E-state index in [1.165, 1.54) is 6.42 Å². The average molecular weight is 249 g/mol. The first-order valence-corrected chi connectivity index (χ1v) is 6.09. The highest BCUT2D eigenvalue weighted by Gasteiger charge is 2.18. The fourth-order valence-electron chi connectivity index (χ4n) is 2.08. The van der Waals surface area contributed by atoms with Gasteiger partial charge in [-0.15, -0.1) is 0 Å². The normalized spacial score (nSPS) is 15.3. The van der Waals surface area contributed by atoms with Gasteiger partial charge < -0.3 is 19.6 Å². The van der Waals surface area contributed by atoms with E-state index in [1.807, 2.05) is 4.90 Å². The summed E-state index contributed by atoms with van der Waals surface area (Å²) < 4.78 is 4.68. The molecule has 0 unspecified atom stereocenters. The fourth-order valence-corrected chi connectivity index (χ4v) is 2.08. The maximum atomic E-state index is 12.1. The SMILES string of the molecule is O=C(c1ccc(OB(O)O)cc1)N1CCCCC1. The Morgan fingerprint density at radius 3 is 2.28 bits per heavy atom. The fraction of sp³-hybridized carbons (Fsp3) is 0.417. The van der Waals surface area contributed by atoms with Gasteiger partial charge in [0.2, 0.25) is 0 Å². The van der Waals surface area contributed by atoms with Crippen molar-refractivity contribution in [3.8, 4) is 5.75 Å². The summed E-state index contributed by atoms with van der Waals surface area (Å²) in [6, 6.07) is 6.37. The molecule has 1 aliphatic rings.